The van der Waals surface area contributed by atoms with E-state index >= 15 is 0 Å². The third-order valence-corrected chi connectivity index (χ3v) is 1.95. The van der Waals surface area contributed by atoms with E-state index in [0.29, 0.717) is 12.0 Å². The van der Waals surface area contributed by atoms with E-state index in [-0.39, 0.29) is 5.78 Å². The van der Waals surface area contributed by atoms with Crippen molar-refractivity contribution < 1.29 is 4.79 Å². The van der Waals surface area contributed by atoms with Crippen LogP contribution in [-0.4, -0.2) is 10.8 Å². The number of pyridine rings is 1. The monoisotopic (exact) mass is 199 g/mol. The number of carbonyl (C=O) groups excluding carboxylic acids is 1. The highest BCUT2D eigenvalue weighted by Gasteiger charge is 2.05. The molecule has 0 fully saturated rings. The number of hydrogen-bond acceptors (Lipinski definition) is 2. The first-order chi connectivity index (χ1) is 7.27. The van der Waals surface area contributed by atoms with Gasteiger partial charge < -0.3 is 0 Å². The smallest absolute Gasteiger partial charge is 0.167 e. The average molecular weight is 199 g/mol. The molecule has 1 aromatic rings. The third kappa shape index (κ3) is 3.35. The topological polar surface area (TPSA) is 30.0 Å². The number of aromatic nitrogens is 1. The summed E-state index contributed by atoms with van der Waals surface area (Å²) in [7, 11) is 0. The molecule has 0 spiro atoms. The van der Waals surface area contributed by atoms with Crippen molar-refractivity contribution in [1.29, 1.82) is 0 Å². The van der Waals surface area contributed by atoms with Gasteiger partial charge in [0.05, 0.1) is 0 Å². The second-order valence-electron chi connectivity index (χ2n) is 3.02. The van der Waals surface area contributed by atoms with Crippen LogP contribution in [0.15, 0.2) is 61.5 Å². The Balaban J connectivity index is 2.75. The van der Waals surface area contributed by atoms with Gasteiger partial charge >= 0.3 is 0 Å². The minimum absolute atomic E-state index is 0.0381. The molecule has 0 aliphatic rings. The van der Waals surface area contributed by atoms with E-state index in [1.807, 2.05) is 12.1 Å². The van der Waals surface area contributed by atoms with Crippen LogP contribution in [0.4, 0.5) is 0 Å². The summed E-state index contributed by atoms with van der Waals surface area (Å²) < 4.78 is 0. The number of allylic oxidation sites excluding steroid dienone is 4. The fraction of sp³-hybridized carbons (Fsp3) is 0.0769. The maximum absolute atomic E-state index is 11.7. The second kappa shape index (κ2) is 5.70. The Kier molecular flexibility index (Phi) is 4.23. The normalized spacial score (nSPS) is 10.8. The number of ketones is 1. The standard InChI is InChI=1S/C13H13NO/c1-3-5-12(4-2)13(15)10-11-6-8-14-9-7-11/h3-9H,1-2,10H2/b12-5+. The van der Waals surface area contributed by atoms with E-state index < -0.39 is 0 Å². The maximum Gasteiger partial charge on any atom is 0.167 e. The summed E-state index contributed by atoms with van der Waals surface area (Å²) >= 11 is 0. The molecule has 0 N–H and O–H groups in total. The Hall–Kier alpha value is -1.96. The van der Waals surface area contributed by atoms with Gasteiger partial charge in [-0.1, -0.05) is 31.4 Å². The van der Waals surface area contributed by atoms with Crippen LogP contribution in [0.1, 0.15) is 5.56 Å². The SMILES string of the molecule is C=C/C=C(\C=C)C(=O)Cc1ccncc1. The average Bonchev–Trinajstić information content (AvgIpc) is 2.27. The zero-order valence-corrected chi connectivity index (χ0v) is 8.52. The number of rotatable bonds is 5. The lowest BCUT2D eigenvalue weighted by Crippen LogP contribution is -2.04. The maximum atomic E-state index is 11.7. The van der Waals surface area contributed by atoms with Crippen molar-refractivity contribution in [3.63, 3.8) is 0 Å². The Morgan fingerprint density at radius 2 is 2.00 bits per heavy atom. The van der Waals surface area contributed by atoms with Gasteiger partial charge in [-0.25, -0.2) is 0 Å². The van der Waals surface area contributed by atoms with E-state index in [2.05, 4.69) is 18.1 Å². The van der Waals surface area contributed by atoms with Gasteiger partial charge in [0.15, 0.2) is 5.78 Å². The van der Waals surface area contributed by atoms with Crippen molar-refractivity contribution in [2.45, 2.75) is 6.42 Å². The summed E-state index contributed by atoms with van der Waals surface area (Å²) in [6.07, 6.45) is 8.51. The molecule has 0 unspecified atom stereocenters. The van der Waals surface area contributed by atoms with Gasteiger partial charge in [-0.05, 0) is 17.7 Å². The Morgan fingerprint density at radius 1 is 1.33 bits per heavy atom. The molecule has 0 atom stereocenters. The zero-order chi connectivity index (χ0) is 11.1. The van der Waals surface area contributed by atoms with E-state index in [1.165, 1.54) is 0 Å². The number of nitrogens with zero attached hydrogens (tertiary/aromatic N) is 1. The van der Waals surface area contributed by atoms with Gasteiger partial charge in [0.1, 0.15) is 0 Å². The van der Waals surface area contributed by atoms with Crippen LogP contribution in [0.3, 0.4) is 0 Å². The van der Waals surface area contributed by atoms with Gasteiger partial charge in [0.25, 0.3) is 0 Å². The third-order valence-electron chi connectivity index (χ3n) is 1.95. The largest absolute Gasteiger partial charge is 0.294 e. The molecule has 2 heteroatoms. The van der Waals surface area contributed by atoms with Crippen molar-refractivity contribution in [2.24, 2.45) is 0 Å². The zero-order valence-electron chi connectivity index (χ0n) is 8.52. The highest BCUT2D eigenvalue weighted by molar-refractivity contribution is 5.99. The molecule has 0 bridgehead atoms. The highest BCUT2D eigenvalue weighted by Crippen LogP contribution is 2.05. The first-order valence-corrected chi connectivity index (χ1v) is 4.65. The minimum Gasteiger partial charge on any atom is -0.294 e. The fourth-order valence-electron chi connectivity index (χ4n) is 1.19. The Bertz CT molecular complexity index is 390. The molecule has 76 valence electrons. The molecule has 2 nitrogen and oxygen atoms in total. The summed E-state index contributed by atoms with van der Waals surface area (Å²) in [5, 5.41) is 0. The van der Waals surface area contributed by atoms with Crippen LogP contribution in [0.5, 0.6) is 0 Å². The fourth-order valence-corrected chi connectivity index (χ4v) is 1.19. The molecule has 1 aromatic heterocycles. The van der Waals surface area contributed by atoms with E-state index in [0.717, 1.165) is 5.56 Å². The molecule has 0 saturated heterocycles. The van der Waals surface area contributed by atoms with Gasteiger partial charge in [0, 0.05) is 24.4 Å². The number of hydrogen-bond donors (Lipinski definition) is 0. The van der Waals surface area contributed by atoms with Crippen molar-refractivity contribution in [3.8, 4) is 0 Å². The van der Waals surface area contributed by atoms with Crippen LogP contribution in [0, 0.1) is 0 Å². The quantitative estimate of drug-likeness (QED) is 0.538. The summed E-state index contributed by atoms with van der Waals surface area (Å²) in [6, 6.07) is 3.65. The molecule has 0 aliphatic carbocycles. The molecule has 0 amide bonds. The molecule has 15 heavy (non-hydrogen) atoms. The van der Waals surface area contributed by atoms with Gasteiger partial charge in [-0.3, -0.25) is 9.78 Å². The van der Waals surface area contributed by atoms with Crippen LogP contribution < -0.4 is 0 Å². The van der Waals surface area contributed by atoms with Crippen molar-refractivity contribution in [2.75, 3.05) is 0 Å². The lowest BCUT2D eigenvalue weighted by atomic mass is 10.0. The Morgan fingerprint density at radius 3 is 2.53 bits per heavy atom. The molecule has 0 saturated carbocycles. The summed E-state index contributed by atoms with van der Waals surface area (Å²) in [6.45, 7) is 7.14. The van der Waals surface area contributed by atoms with E-state index in [1.54, 1.807) is 30.6 Å². The molecule has 0 radical (unpaired) electrons. The molecular weight excluding hydrogens is 186 g/mol. The minimum atomic E-state index is 0.0381. The van der Waals surface area contributed by atoms with E-state index in [4.69, 9.17) is 0 Å². The van der Waals surface area contributed by atoms with Crippen LogP contribution in [0.25, 0.3) is 0 Å². The van der Waals surface area contributed by atoms with Crippen LogP contribution in [-0.2, 0) is 11.2 Å². The Labute approximate surface area is 89.7 Å². The number of Topliss-reactive ketones (excluding diaryl/α,β-unsaturated/α-hetero) is 1. The highest BCUT2D eigenvalue weighted by atomic mass is 16.1. The van der Waals surface area contributed by atoms with Gasteiger partial charge in [-0.2, -0.15) is 0 Å². The lowest BCUT2D eigenvalue weighted by molar-refractivity contribution is -0.114. The van der Waals surface area contributed by atoms with Gasteiger partial charge in [-0.15, -0.1) is 0 Å². The molecule has 0 aromatic carbocycles. The number of carbonyl (C=O) groups is 1. The predicted molar refractivity (Wildman–Crippen MR) is 61.4 cm³/mol. The summed E-state index contributed by atoms with van der Waals surface area (Å²) in [5.41, 5.74) is 1.54. The van der Waals surface area contributed by atoms with E-state index in [9.17, 15) is 4.79 Å². The molecule has 1 rings (SSSR count). The first-order valence-electron chi connectivity index (χ1n) is 4.65. The summed E-state index contributed by atoms with van der Waals surface area (Å²) in [4.78, 5) is 15.6. The van der Waals surface area contributed by atoms with Crippen LogP contribution in [0.2, 0.25) is 0 Å². The van der Waals surface area contributed by atoms with Crippen molar-refractivity contribution in [3.05, 3.63) is 67.0 Å². The second-order valence-corrected chi connectivity index (χ2v) is 3.02. The summed E-state index contributed by atoms with van der Waals surface area (Å²) in [5.74, 6) is 0.0381. The molecule has 0 aliphatic heterocycles. The van der Waals surface area contributed by atoms with Gasteiger partial charge in [0.2, 0.25) is 0 Å². The molecule has 1 heterocycles. The first kappa shape index (κ1) is 11.1. The van der Waals surface area contributed by atoms with Crippen molar-refractivity contribution >= 4 is 5.78 Å². The predicted octanol–water partition coefficient (Wildman–Crippen LogP) is 2.49. The molecular formula is C13H13NO. The van der Waals surface area contributed by atoms with Crippen molar-refractivity contribution in [1.82, 2.24) is 4.98 Å². The van der Waals surface area contributed by atoms with Crippen LogP contribution >= 0.6 is 0 Å². The lowest BCUT2D eigenvalue weighted by Gasteiger charge is -2.00.